The lowest BCUT2D eigenvalue weighted by Crippen LogP contribution is -2.40. The second kappa shape index (κ2) is 5.37. The summed E-state index contributed by atoms with van der Waals surface area (Å²) in [6.45, 7) is 5.63. The van der Waals surface area contributed by atoms with Gasteiger partial charge in [-0.2, -0.15) is 0 Å². The summed E-state index contributed by atoms with van der Waals surface area (Å²) in [5, 5.41) is 4.07. The van der Waals surface area contributed by atoms with Crippen molar-refractivity contribution < 1.29 is 0 Å². The Morgan fingerprint density at radius 3 is 2.72 bits per heavy atom. The monoisotopic (exact) mass is 267 g/mol. The van der Waals surface area contributed by atoms with E-state index in [-0.39, 0.29) is 0 Å². The molecule has 3 nitrogen and oxygen atoms in total. The second-order valence-electron chi connectivity index (χ2n) is 5.67. The van der Waals surface area contributed by atoms with E-state index in [9.17, 15) is 0 Å². The van der Waals surface area contributed by atoms with Gasteiger partial charge >= 0.3 is 0 Å². The summed E-state index contributed by atoms with van der Waals surface area (Å²) >= 11 is 6.02. The van der Waals surface area contributed by atoms with Gasteiger partial charge in [0, 0.05) is 6.54 Å². The van der Waals surface area contributed by atoms with E-state index < -0.39 is 0 Å². The van der Waals surface area contributed by atoms with Gasteiger partial charge < -0.3 is 16.0 Å². The molecule has 1 aromatic rings. The fourth-order valence-electron chi connectivity index (χ4n) is 2.33. The van der Waals surface area contributed by atoms with E-state index in [4.69, 9.17) is 17.3 Å². The van der Waals surface area contributed by atoms with E-state index in [0.29, 0.717) is 16.1 Å². The molecular formula is C14H22ClN3. The number of nitrogens with one attached hydrogen (secondary N) is 1. The fourth-order valence-corrected chi connectivity index (χ4v) is 2.51. The van der Waals surface area contributed by atoms with Crippen LogP contribution in [0.15, 0.2) is 18.2 Å². The molecule has 4 heteroatoms. The van der Waals surface area contributed by atoms with Gasteiger partial charge in [0.1, 0.15) is 0 Å². The molecule has 0 saturated carbocycles. The SMILES string of the molecule is CN1CCC(C)(CNc2cccc(Cl)c2N)CC1. The highest BCUT2D eigenvalue weighted by Gasteiger charge is 2.28. The number of piperidine rings is 1. The van der Waals surface area contributed by atoms with E-state index in [2.05, 4.69) is 24.2 Å². The first-order valence-corrected chi connectivity index (χ1v) is 6.84. The van der Waals surface area contributed by atoms with Crippen LogP contribution >= 0.6 is 11.6 Å². The van der Waals surface area contributed by atoms with Crippen molar-refractivity contribution in [3.63, 3.8) is 0 Å². The molecule has 0 atom stereocenters. The number of nitrogen functional groups attached to an aromatic ring is 1. The normalized spacial score (nSPS) is 19.7. The minimum Gasteiger partial charge on any atom is -0.396 e. The lowest BCUT2D eigenvalue weighted by atomic mass is 9.80. The number of anilines is 2. The van der Waals surface area contributed by atoms with Crippen LogP contribution in [0.5, 0.6) is 0 Å². The first-order chi connectivity index (χ1) is 8.50. The van der Waals surface area contributed by atoms with Crippen LogP contribution in [-0.4, -0.2) is 31.6 Å². The molecule has 1 heterocycles. The molecule has 0 amide bonds. The van der Waals surface area contributed by atoms with Gasteiger partial charge in [-0.3, -0.25) is 0 Å². The molecule has 0 aliphatic carbocycles. The zero-order valence-electron chi connectivity index (χ0n) is 11.2. The van der Waals surface area contributed by atoms with E-state index in [0.717, 1.165) is 12.2 Å². The van der Waals surface area contributed by atoms with Gasteiger partial charge in [0.15, 0.2) is 0 Å². The Kier molecular flexibility index (Phi) is 4.03. The Hall–Kier alpha value is -0.930. The molecule has 0 radical (unpaired) electrons. The summed E-state index contributed by atoms with van der Waals surface area (Å²) in [6, 6.07) is 5.73. The highest BCUT2D eigenvalue weighted by molar-refractivity contribution is 6.33. The molecule has 1 aliphatic rings. The molecule has 0 bridgehead atoms. The molecule has 1 saturated heterocycles. The third kappa shape index (κ3) is 3.09. The third-order valence-electron chi connectivity index (χ3n) is 3.95. The lowest BCUT2D eigenvalue weighted by Gasteiger charge is -2.38. The maximum Gasteiger partial charge on any atom is 0.0739 e. The van der Waals surface area contributed by atoms with Crippen molar-refractivity contribution in [2.45, 2.75) is 19.8 Å². The molecule has 18 heavy (non-hydrogen) atoms. The second-order valence-corrected chi connectivity index (χ2v) is 6.08. The quantitative estimate of drug-likeness (QED) is 0.827. The number of likely N-dealkylation sites (tertiary alicyclic amines) is 1. The van der Waals surface area contributed by atoms with Crippen molar-refractivity contribution in [2.75, 3.05) is 37.7 Å². The first-order valence-electron chi connectivity index (χ1n) is 6.47. The van der Waals surface area contributed by atoms with Gasteiger partial charge in [-0.25, -0.2) is 0 Å². The molecule has 1 aromatic carbocycles. The maximum atomic E-state index is 6.02. The Morgan fingerprint density at radius 1 is 1.39 bits per heavy atom. The van der Waals surface area contributed by atoms with Crippen LogP contribution in [0.3, 0.4) is 0 Å². The van der Waals surface area contributed by atoms with Crippen molar-refractivity contribution in [3.8, 4) is 0 Å². The van der Waals surface area contributed by atoms with Gasteiger partial charge in [-0.05, 0) is 50.5 Å². The zero-order chi connectivity index (χ0) is 13.2. The van der Waals surface area contributed by atoms with Crippen molar-refractivity contribution in [1.29, 1.82) is 0 Å². The predicted octanol–water partition coefficient (Wildman–Crippen LogP) is 3.07. The van der Waals surface area contributed by atoms with Gasteiger partial charge in [0.05, 0.1) is 16.4 Å². The summed E-state index contributed by atoms with van der Waals surface area (Å²) in [5.74, 6) is 0. The average Bonchev–Trinajstić information content (AvgIpc) is 2.35. The van der Waals surface area contributed by atoms with Crippen LogP contribution in [0, 0.1) is 5.41 Å². The van der Waals surface area contributed by atoms with Crippen molar-refractivity contribution >= 4 is 23.0 Å². The summed E-state index contributed by atoms with van der Waals surface area (Å²) in [6.07, 6.45) is 2.44. The number of para-hydroxylation sites is 1. The number of nitrogens with two attached hydrogens (primary N) is 1. The molecule has 3 N–H and O–H groups in total. The topological polar surface area (TPSA) is 41.3 Å². The van der Waals surface area contributed by atoms with Crippen molar-refractivity contribution in [3.05, 3.63) is 23.2 Å². The van der Waals surface area contributed by atoms with Gasteiger partial charge in [0.2, 0.25) is 0 Å². The highest BCUT2D eigenvalue weighted by Crippen LogP contribution is 2.32. The van der Waals surface area contributed by atoms with E-state index in [1.54, 1.807) is 0 Å². The number of rotatable bonds is 3. The molecule has 1 aliphatic heterocycles. The Balaban J connectivity index is 1.97. The zero-order valence-corrected chi connectivity index (χ0v) is 11.9. The number of nitrogens with zero attached hydrogens (tertiary/aromatic N) is 1. The van der Waals surface area contributed by atoms with Crippen LogP contribution in [0.2, 0.25) is 5.02 Å². The molecule has 0 aromatic heterocycles. The average molecular weight is 268 g/mol. The molecular weight excluding hydrogens is 246 g/mol. The summed E-state index contributed by atoms with van der Waals surface area (Å²) < 4.78 is 0. The minimum absolute atomic E-state index is 0.348. The summed E-state index contributed by atoms with van der Waals surface area (Å²) in [7, 11) is 2.18. The van der Waals surface area contributed by atoms with Crippen LogP contribution in [0.1, 0.15) is 19.8 Å². The predicted molar refractivity (Wildman–Crippen MR) is 79.2 cm³/mol. The summed E-state index contributed by atoms with van der Waals surface area (Å²) in [4.78, 5) is 2.38. The molecule has 0 unspecified atom stereocenters. The largest absolute Gasteiger partial charge is 0.396 e. The highest BCUT2D eigenvalue weighted by atomic mass is 35.5. The van der Waals surface area contributed by atoms with Crippen LogP contribution in [-0.2, 0) is 0 Å². The number of benzene rings is 1. The standard InChI is InChI=1S/C14H22ClN3/c1-14(6-8-18(2)9-7-14)10-17-12-5-3-4-11(15)13(12)16/h3-5,17H,6-10,16H2,1-2H3. The molecule has 2 rings (SSSR count). The van der Waals surface area contributed by atoms with Crippen molar-refractivity contribution in [2.24, 2.45) is 5.41 Å². The Labute approximate surface area is 114 Å². The molecule has 100 valence electrons. The van der Waals surface area contributed by atoms with E-state index in [1.807, 2.05) is 18.2 Å². The first kappa shape index (κ1) is 13.5. The van der Waals surface area contributed by atoms with Crippen LogP contribution in [0.25, 0.3) is 0 Å². The van der Waals surface area contributed by atoms with Crippen LogP contribution in [0.4, 0.5) is 11.4 Å². The van der Waals surface area contributed by atoms with Gasteiger partial charge in [-0.15, -0.1) is 0 Å². The van der Waals surface area contributed by atoms with Crippen molar-refractivity contribution in [1.82, 2.24) is 4.90 Å². The molecule has 0 spiro atoms. The Morgan fingerprint density at radius 2 is 2.06 bits per heavy atom. The van der Waals surface area contributed by atoms with Gasteiger partial charge in [0.25, 0.3) is 0 Å². The number of halogens is 1. The minimum atomic E-state index is 0.348. The van der Waals surface area contributed by atoms with E-state index in [1.165, 1.54) is 25.9 Å². The third-order valence-corrected chi connectivity index (χ3v) is 4.28. The number of hydrogen-bond acceptors (Lipinski definition) is 3. The lowest BCUT2D eigenvalue weighted by molar-refractivity contribution is 0.150. The van der Waals surface area contributed by atoms with Gasteiger partial charge in [-0.1, -0.05) is 24.6 Å². The van der Waals surface area contributed by atoms with Crippen LogP contribution < -0.4 is 11.1 Å². The van der Waals surface area contributed by atoms with E-state index >= 15 is 0 Å². The number of hydrogen-bond donors (Lipinski definition) is 2. The Bertz CT molecular complexity index is 412. The molecule has 1 fully saturated rings. The summed E-state index contributed by atoms with van der Waals surface area (Å²) in [5.41, 5.74) is 7.90. The maximum absolute atomic E-state index is 6.02. The smallest absolute Gasteiger partial charge is 0.0739 e. The fraction of sp³-hybridized carbons (Fsp3) is 0.571.